The molecule has 0 radical (unpaired) electrons. The molecule has 35 heavy (non-hydrogen) atoms. The number of benzene rings is 3. The Kier molecular flexibility index (Phi) is 6.41. The van der Waals surface area contributed by atoms with Crippen molar-refractivity contribution in [2.24, 2.45) is 5.92 Å². The summed E-state index contributed by atoms with van der Waals surface area (Å²) in [4.78, 5) is 29.1. The minimum Gasteiger partial charge on any atom is -0.361 e. The first-order valence-corrected chi connectivity index (χ1v) is 12.4. The maximum atomic E-state index is 13.0. The Morgan fingerprint density at radius 3 is 2.37 bits per heavy atom. The molecule has 0 bridgehead atoms. The van der Waals surface area contributed by atoms with E-state index in [9.17, 15) is 9.59 Å². The Balaban J connectivity index is 1.35. The van der Waals surface area contributed by atoms with Crippen LogP contribution < -0.4 is 10.6 Å². The number of amides is 2. The summed E-state index contributed by atoms with van der Waals surface area (Å²) in [6, 6.07) is 17.0. The summed E-state index contributed by atoms with van der Waals surface area (Å²) in [5, 5.41) is 7.60. The van der Waals surface area contributed by atoms with Crippen molar-refractivity contribution in [3.8, 4) is 0 Å². The largest absolute Gasteiger partial charge is 0.361 e. The highest BCUT2D eigenvalue weighted by Gasteiger charge is 2.67. The van der Waals surface area contributed by atoms with Crippen molar-refractivity contribution in [1.82, 2.24) is 4.98 Å². The molecule has 0 saturated heterocycles. The lowest BCUT2D eigenvalue weighted by Gasteiger charge is -2.11. The molecule has 1 aliphatic carbocycles. The van der Waals surface area contributed by atoms with Gasteiger partial charge in [0.2, 0.25) is 5.91 Å². The minimum atomic E-state index is -1.32. The molecule has 5 nitrogen and oxygen atoms in total. The quantitative estimate of drug-likeness (QED) is 0.215. The maximum Gasteiger partial charge on any atom is 0.257 e. The van der Waals surface area contributed by atoms with E-state index in [-0.39, 0.29) is 10.6 Å². The van der Waals surface area contributed by atoms with E-state index < -0.39 is 28.0 Å². The van der Waals surface area contributed by atoms with Gasteiger partial charge in [-0.2, -0.15) is 0 Å². The van der Waals surface area contributed by atoms with Crippen molar-refractivity contribution in [1.29, 1.82) is 0 Å². The maximum absolute atomic E-state index is 13.0. The molecule has 1 aromatic heterocycles. The molecule has 2 unspecified atom stereocenters. The fourth-order valence-corrected chi connectivity index (χ4v) is 5.78. The summed E-state index contributed by atoms with van der Waals surface area (Å²) in [5.74, 6) is -2.04. The summed E-state index contributed by atoms with van der Waals surface area (Å²) in [5.41, 5.74) is 2.77. The molecule has 0 spiro atoms. The normalized spacial score (nSPS) is 18.3. The van der Waals surface area contributed by atoms with Crippen LogP contribution in [0.2, 0.25) is 15.1 Å². The van der Waals surface area contributed by atoms with Gasteiger partial charge in [0.15, 0.2) is 0 Å². The van der Waals surface area contributed by atoms with Crippen molar-refractivity contribution in [3.63, 3.8) is 0 Å². The third kappa shape index (κ3) is 4.72. The highest BCUT2D eigenvalue weighted by molar-refractivity contribution is 6.53. The number of aromatic amines is 1. The molecule has 1 aliphatic rings. The molecular formula is C25H16Cl5N3O2. The first kappa shape index (κ1) is 24.3. The van der Waals surface area contributed by atoms with Gasteiger partial charge < -0.3 is 15.6 Å². The number of rotatable bonds is 5. The highest BCUT2D eigenvalue weighted by Crippen LogP contribution is 2.65. The van der Waals surface area contributed by atoms with Crippen LogP contribution in [0.25, 0.3) is 10.9 Å². The Morgan fingerprint density at radius 1 is 0.886 bits per heavy atom. The van der Waals surface area contributed by atoms with E-state index in [0.717, 1.165) is 10.9 Å². The Labute approximate surface area is 225 Å². The monoisotopic (exact) mass is 565 g/mol. The average Bonchev–Trinajstić information content (AvgIpc) is 3.12. The van der Waals surface area contributed by atoms with Crippen LogP contribution in [0.1, 0.15) is 21.8 Å². The second-order valence-electron chi connectivity index (χ2n) is 8.22. The van der Waals surface area contributed by atoms with E-state index in [4.69, 9.17) is 58.0 Å². The predicted molar refractivity (Wildman–Crippen MR) is 143 cm³/mol. The van der Waals surface area contributed by atoms with Crippen LogP contribution in [0, 0.1) is 5.92 Å². The topological polar surface area (TPSA) is 74.0 Å². The lowest BCUT2D eigenvalue weighted by molar-refractivity contribution is -0.117. The van der Waals surface area contributed by atoms with Gasteiger partial charge in [0.1, 0.15) is 4.33 Å². The summed E-state index contributed by atoms with van der Waals surface area (Å²) in [7, 11) is 0. The number of anilines is 2. The molecule has 4 aromatic rings. The van der Waals surface area contributed by atoms with Gasteiger partial charge in [-0.1, -0.05) is 40.9 Å². The molecule has 3 N–H and O–H groups in total. The van der Waals surface area contributed by atoms with Crippen molar-refractivity contribution in [2.75, 3.05) is 10.6 Å². The fraction of sp³-hybridized carbons (Fsp3) is 0.120. The van der Waals surface area contributed by atoms with Gasteiger partial charge >= 0.3 is 0 Å². The molecule has 2 amide bonds. The van der Waals surface area contributed by atoms with Crippen LogP contribution in [0.3, 0.4) is 0 Å². The molecular weight excluding hydrogens is 552 g/mol. The number of nitrogens with one attached hydrogen (secondary N) is 3. The number of H-pyrrole nitrogens is 1. The molecule has 2 atom stereocenters. The highest BCUT2D eigenvalue weighted by atomic mass is 35.5. The van der Waals surface area contributed by atoms with Gasteiger partial charge in [0.25, 0.3) is 5.91 Å². The number of fused-ring (bicyclic) bond motifs is 1. The summed E-state index contributed by atoms with van der Waals surface area (Å²) in [6.45, 7) is 0. The van der Waals surface area contributed by atoms with Crippen molar-refractivity contribution < 1.29 is 9.59 Å². The van der Waals surface area contributed by atoms with E-state index in [1.54, 1.807) is 42.6 Å². The fourth-order valence-electron chi connectivity index (χ4n) is 4.20. The molecule has 5 rings (SSSR count). The zero-order valence-electron chi connectivity index (χ0n) is 17.7. The standard InChI is InChI=1S/C25H16Cl5N3O2/c26-13-8-12(9-14(27)10-13)21-22(25(21,29)30)24(35)32-15-4-5-18(28)17(11-15)23(34)33-20-3-1-2-19-16(20)6-7-31-19/h1-11,21-22,31H,(H,32,35)(H,33,34). The molecule has 178 valence electrons. The van der Waals surface area contributed by atoms with Gasteiger partial charge in [-0.3, -0.25) is 9.59 Å². The van der Waals surface area contributed by atoms with Crippen LogP contribution in [-0.4, -0.2) is 21.1 Å². The summed E-state index contributed by atoms with van der Waals surface area (Å²) in [6.07, 6.45) is 1.79. The minimum absolute atomic E-state index is 0.203. The first-order valence-electron chi connectivity index (χ1n) is 10.5. The Bertz CT molecular complexity index is 1460. The van der Waals surface area contributed by atoms with Gasteiger partial charge in [0, 0.05) is 38.8 Å². The number of carbonyl (C=O) groups excluding carboxylic acids is 2. The van der Waals surface area contributed by atoms with E-state index in [1.165, 1.54) is 6.07 Å². The number of halogens is 5. The number of hydrogen-bond acceptors (Lipinski definition) is 2. The third-order valence-corrected chi connectivity index (χ3v) is 7.61. The zero-order chi connectivity index (χ0) is 24.9. The summed E-state index contributed by atoms with van der Waals surface area (Å²) >= 11 is 31.4. The second-order valence-corrected chi connectivity index (χ2v) is 10.9. The predicted octanol–water partition coefficient (Wildman–Crippen LogP) is 7.91. The smallest absolute Gasteiger partial charge is 0.257 e. The zero-order valence-corrected chi connectivity index (χ0v) is 21.5. The van der Waals surface area contributed by atoms with Crippen LogP contribution in [0.5, 0.6) is 0 Å². The van der Waals surface area contributed by atoms with E-state index >= 15 is 0 Å². The molecule has 10 heteroatoms. The van der Waals surface area contributed by atoms with Crippen molar-refractivity contribution >= 4 is 92.1 Å². The van der Waals surface area contributed by atoms with E-state index in [1.807, 2.05) is 18.2 Å². The Morgan fingerprint density at radius 2 is 1.63 bits per heavy atom. The molecule has 1 fully saturated rings. The number of carbonyl (C=O) groups is 2. The molecule has 0 aliphatic heterocycles. The molecule has 1 saturated carbocycles. The van der Waals surface area contributed by atoms with Gasteiger partial charge in [0.05, 0.1) is 22.2 Å². The van der Waals surface area contributed by atoms with Crippen molar-refractivity contribution in [2.45, 2.75) is 10.3 Å². The number of alkyl halides is 2. The average molecular weight is 568 g/mol. The lowest BCUT2D eigenvalue weighted by Crippen LogP contribution is -2.18. The SMILES string of the molecule is O=C(Nc1cccc2[nH]ccc12)c1cc(NC(=O)C2C(c3cc(Cl)cc(Cl)c3)C2(Cl)Cl)ccc1Cl. The third-order valence-electron chi connectivity index (χ3n) is 5.90. The van der Waals surface area contributed by atoms with Crippen LogP contribution in [-0.2, 0) is 4.79 Å². The number of hydrogen-bond donors (Lipinski definition) is 3. The van der Waals surface area contributed by atoms with Gasteiger partial charge in [-0.05, 0) is 60.2 Å². The van der Waals surface area contributed by atoms with Crippen LogP contribution in [0.15, 0.2) is 66.9 Å². The first-order chi connectivity index (χ1) is 16.6. The summed E-state index contributed by atoms with van der Waals surface area (Å²) < 4.78 is -1.32. The number of aromatic nitrogens is 1. The van der Waals surface area contributed by atoms with Gasteiger partial charge in [-0.15, -0.1) is 23.2 Å². The van der Waals surface area contributed by atoms with Gasteiger partial charge in [-0.25, -0.2) is 0 Å². The molecule has 1 heterocycles. The van der Waals surface area contributed by atoms with Crippen LogP contribution >= 0.6 is 58.0 Å². The molecule has 3 aromatic carbocycles. The lowest BCUT2D eigenvalue weighted by atomic mass is 10.1. The Hall–Kier alpha value is -2.41. The van der Waals surface area contributed by atoms with Crippen LogP contribution in [0.4, 0.5) is 11.4 Å². The van der Waals surface area contributed by atoms with E-state index in [2.05, 4.69) is 15.6 Å². The second kappa shape index (κ2) is 9.23. The van der Waals surface area contributed by atoms with E-state index in [0.29, 0.717) is 27.0 Å². The van der Waals surface area contributed by atoms with Crippen molar-refractivity contribution in [3.05, 3.63) is 93.1 Å².